The quantitative estimate of drug-likeness (QED) is 0.865. The average molecular weight is 312 g/mol. The van der Waals surface area contributed by atoms with Crippen molar-refractivity contribution in [1.82, 2.24) is 10.3 Å². The normalized spacial score (nSPS) is 11.7. The van der Waals surface area contributed by atoms with Gasteiger partial charge >= 0.3 is 0 Å². The van der Waals surface area contributed by atoms with E-state index in [4.69, 9.17) is 0 Å². The predicted molar refractivity (Wildman–Crippen MR) is 91.1 cm³/mol. The van der Waals surface area contributed by atoms with Gasteiger partial charge in [-0.05, 0) is 35.3 Å². The molecule has 1 heterocycles. The number of carbonyl (C=O) groups excluding carboxylic acids is 1. The molecule has 0 radical (unpaired) electrons. The van der Waals surface area contributed by atoms with Crippen molar-refractivity contribution in [2.24, 2.45) is 5.41 Å². The molecule has 1 N–H and O–H groups in total. The second-order valence-corrected chi connectivity index (χ2v) is 6.57. The van der Waals surface area contributed by atoms with Gasteiger partial charge in [-0.15, -0.1) is 0 Å². The van der Waals surface area contributed by atoms with E-state index in [1.807, 2.05) is 6.07 Å². The van der Waals surface area contributed by atoms with Gasteiger partial charge in [-0.1, -0.05) is 39.0 Å². The summed E-state index contributed by atoms with van der Waals surface area (Å²) in [6.45, 7) is 6.79. The van der Waals surface area contributed by atoms with Gasteiger partial charge in [0.25, 0.3) is 0 Å². The molecule has 0 bridgehead atoms. The van der Waals surface area contributed by atoms with E-state index in [0.717, 1.165) is 5.56 Å². The van der Waals surface area contributed by atoms with Gasteiger partial charge in [0.15, 0.2) is 0 Å². The zero-order valence-corrected chi connectivity index (χ0v) is 13.6. The first-order valence-corrected chi connectivity index (χ1v) is 7.52. The predicted octanol–water partition coefficient (Wildman–Crippen LogP) is 4.06. The Morgan fingerprint density at radius 3 is 2.57 bits per heavy atom. The van der Waals surface area contributed by atoms with E-state index in [0.29, 0.717) is 17.8 Å². The summed E-state index contributed by atoms with van der Waals surface area (Å²) < 4.78 is 13.7. The Kier molecular flexibility index (Phi) is 5.27. The SMILES string of the molecule is CC(C)(C)CNC(=O)/C=C/c1ccc(-c2ccccc2F)nc1. The molecule has 0 aliphatic rings. The van der Waals surface area contributed by atoms with Crippen LogP contribution in [0.5, 0.6) is 0 Å². The van der Waals surface area contributed by atoms with Crippen molar-refractivity contribution in [2.45, 2.75) is 20.8 Å². The van der Waals surface area contributed by atoms with Crippen LogP contribution in [0.1, 0.15) is 26.3 Å². The van der Waals surface area contributed by atoms with E-state index in [2.05, 4.69) is 31.1 Å². The minimum atomic E-state index is -0.301. The lowest BCUT2D eigenvalue weighted by Gasteiger charge is -2.17. The number of nitrogens with one attached hydrogen (secondary N) is 1. The molecule has 0 aliphatic heterocycles. The number of nitrogens with zero attached hydrogens (tertiary/aromatic N) is 1. The van der Waals surface area contributed by atoms with Crippen molar-refractivity contribution >= 4 is 12.0 Å². The number of benzene rings is 1. The van der Waals surface area contributed by atoms with Crippen molar-refractivity contribution in [3.8, 4) is 11.3 Å². The van der Waals surface area contributed by atoms with Gasteiger partial charge in [0.05, 0.1) is 5.69 Å². The lowest BCUT2D eigenvalue weighted by molar-refractivity contribution is -0.116. The van der Waals surface area contributed by atoms with E-state index in [1.165, 1.54) is 12.1 Å². The molecule has 0 saturated heterocycles. The van der Waals surface area contributed by atoms with Crippen molar-refractivity contribution < 1.29 is 9.18 Å². The molecule has 3 nitrogen and oxygen atoms in total. The van der Waals surface area contributed by atoms with Crippen molar-refractivity contribution in [2.75, 3.05) is 6.54 Å². The molecule has 0 atom stereocenters. The van der Waals surface area contributed by atoms with Gasteiger partial charge < -0.3 is 5.32 Å². The van der Waals surface area contributed by atoms with Gasteiger partial charge in [0, 0.05) is 24.4 Å². The maximum atomic E-state index is 13.7. The number of pyridine rings is 1. The smallest absolute Gasteiger partial charge is 0.244 e. The highest BCUT2D eigenvalue weighted by molar-refractivity contribution is 5.91. The summed E-state index contributed by atoms with van der Waals surface area (Å²) in [6, 6.07) is 10.1. The van der Waals surface area contributed by atoms with Gasteiger partial charge in [0.2, 0.25) is 5.91 Å². The molecule has 1 aromatic heterocycles. The number of hydrogen-bond donors (Lipinski definition) is 1. The van der Waals surface area contributed by atoms with E-state index < -0.39 is 0 Å². The van der Waals surface area contributed by atoms with Crippen LogP contribution in [0, 0.1) is 11.2 Å². The fourth-order valence-electron chi connectivity index (χ4n) is 1.92. The molecule has 1 amide bonds. The minimum Gasteiger partial charge on any atom is -0.352 e. The van der Waals surface area contributed by atoms with Crippen LogP contribution < -0.4 is 5.32 Å². The Balaban J connectivity index is 2.02. The first-order valence-electron chi connectivity index (χ1n) is 7.52. The van der Waals surface area contributed by atoms with Crippen molar-refractivity contribution in [1.29, 1.82) is 0 Å². The fraction of sp³-hybridized carbons (Fsp3) is 0.263. The van der Waals surface area contributed by atoms with Crippen LogP contribution in [0.4, 0.5) is 4.39 Å². The summed E-state index contributed by atoms with van der Waals surface area (Å²) in [5.74, 6) is -0.442. The summed E-state index contributed by atoms with van der Waals surface area (Å²) in [5, 5.41) is 2.84. The van der Waals surface area contributed by atoms with Gasteiger partial charge in [0.1, 0.15) is 5.82 Å². The lowest BCUT2D eigenvalue weighted by atomic mass is 9.97. The third-order valence-electron chi connectivity index (χ3n) is 3.16. The van der Waals surface area contributed by atoms with Crippen LogP contribution in [0.25, 0.3) is 17.3 Å². The standard InChI is InChI=1S/C19H21FN2O/c1-19(2,3)13-22-18(23)11-9-14-8-10-17(21-12-14)15-6-4-5-7-16(15)20/h4-12H,13H2,1-3H3,(H,22,23)/b11-9+. The average Bonchev–Trinajstić information content (AvgIpc) is 2.51. The molecule has 0 unspecified atom stereocenters. The molecule has 2 rings (SSSR count). The summed E-state index contributed by atoms with van der Waals surface area (Å²) in [7, 11) is 0. The molecular weight excluding hydrogens is 291 g/mol. The molecule has 0 spiro atoms. The van der Waals surface area contributed by atoms with Crippen LogP contribution in [0.2, 0.25) is 0 Å². The highest BCUT2D eigenvalue weighted by Gasteiger charge is 2.10. The Hall–Kier alpha value is -2.49. The lowest BCUT2D eigenvalue weighted by Crippen LogP contribution is -2.30. The first kappa shape index (κ1) is 16.9. The monoisotopic (exact) mass is 312 g/mol. The number of aromatic nitrogens is 1. The maximum Gasteiger partial charge on any atom is 0.244 e. The Bertz CT molecular complexity index is 700. The van der Waals surface area contributed by atoms with Gasteiger partial charge in [-0.2, -0.15) is 0 Å². The third-order valence-corrected chi connectivity index (χ3v) is 3.16. The molecule has 0 fully saturated rings. The first-order chi connectivity index (χ1) is 10.8. The van der Waals surface area contributed by atoms with Gasteiger partial charge in [-0.25, -0.2) is 4.39 Å². The minimum absolute atomic E-state index is 0.0481. The van der Waals surface area contributed by atoms with Crippen LogP contribution in [-0.4, -0.2) is 17.4 Å². The topological polar surface area (TPSA) is 42.0 Å². The Morgan fingerprint density at radius 2 is 1.96 bits per heavy atom. The molecule has 4 heteroatoms. The number of halogens is 1. The molecule has 0 saturated carbocycles. The zero-order chi connectivity index (χ0) is 16.9. The molecule has 120 valence electrons. The molecule has 1 aromatic carbocycles. The van der Waals surface area contributed by atoms with Crippen LogP contribution >= 0.6 is 0 Å². The van der Waals surface area contributed by atoms with Crippen LogP contribution in [0.3, 0.4) is 0 Å². The summed E-state index contributed by atoms with van der Waals surface area (Å²) in [4.78, 5) is 16.0. The second kappa shape index (κ2) is 7.18. The molecular formula is C19H21FN2O. The summed E-state index contributed by atoms with van der Waals surface area (Å²) in [6.07, 6.45) is 4.79. The Labute approximate surface area is 136 Å². The van der Waals surface area contributed by atoms with E-state index >= 15 is 0 Å². The number of rotatable bonds is 4. The highest BCUT2D eigenvalue weighted by atomic mass is 19.1. The second-order valence-electron chi connectivity index (χ2n) is 6.57. The van der Waals surface area contributed by atoms with Gasteiger partial charge in [-0.3, -0.25) is 9.78 Å². The molecule has 23 heavy (non-hydrogen) atoms. The zero-order valence-electron chi connectivity index (χ0n) is 13.6. The number of carbonyl (C=O) groups is 1. The maximum absolute atomic E-state index is 13.7. The Morgan fingerprint density at radius 1 is 1.22 bits per heavy atom. The van der Waals surface area contributed by atoms with E-state index in [9.17, 15) is 9.18 Å². The summed E-state index contributed by atoms with van der Waals surface area (Å²) in [5.41, 5.74) is 1.87. The largest absolute Gasteiger partial charge is 0.352 e. The van der Waals surface area contributed by atoms with Crippen molar-refractivity contribution in [3.05, 3.63) is 60.1 Å². The van der Waals surface area contributed by atoms with Crippen molar-refractivity contribution in [3.63, 3.8) is 0 Å². The van der Waals surface area contributed by atoms with Crippen LogP contribution in [-0.2, 0) is 4.79 Å². The van der Waals surface area contributed by atoms with Crippen LogP contribution in [0.15, 0.2) is 48.7 Å². The van der Waals surface area contributed by atoms with E-state index in [1.54, 1.807) is 36.5 Å². The van der Waals surface area contributed by atoms with E-state index in [-0.39, 0.29) is 17.1 Å². The summed E-state index contributed by atoms with van der Waals surface area (Å²) >= 11 is 0. The third kappa shape index (κ3) is 5.33. The number of amides is 1. The number of hydrogen-bond acceptors (Lipinski definition) is 2. The highest BCUT2D eigenvalue weighted by Crippen LogP contribution is 2.20. The molecule has 2 aromatic rings. The molecule has 0 aliphatic carbocycles. The fourth-order valence-corrected chi connectivity index (χ4v) is 1.92.